The number of anilines is 1. The normalized spacial score (nSPS) is 11.4. The largest absolute Gasteiger partial charge is 0.379 e. The lowest BCUT2D eigenvalue weighted by molar-refractivity contribution is 0.530. The summed E-state index contributed by atoms with van der Waals surface area (Å²) in [5.41, 5.74) is 1.20. The van der Waals surface area contributed by atoms with E-state index in [0.717, 1.165) is 16.7 Å². The lowest BCUT2D eigenvalue weighted by Crippen LogP contribution is -2.40. The van der Waals surface area contributed by atoms with Gasteiger partial charge in [-0.15, -0.1) is 0 Å². The highest BCUT2D eigenvalue weighted by Gasteiger charge is 2.15. The van der Waals surface area contributed by atoms with Crippen molar-refractivity contribution in [3.05, 3.63) is 28.7 Å². The second kappa shape index (κ2) is 4.80. The van der Waals surface area contributed by atoms with Gasteiger partial charge in [0.1, 0.15) is 0 Å². The molecule has 0 saturated heterocycles. The van der Waals surface area contributed by atoms with E-state index in [2.05, 4.69) is 52.5 Å². The van der Waals surface area contributed by atoms with Crippen LogP contribution in [0.4, 0.5) is 5.69 Å². The predicted octanol–water partition coefficient (Wildman–Crippen LogP) is 2.86. The second-order valence-electron chi connectivity index (χ2n) is 4.05. The van der Waals surface area contributed by atoms with Crippen molar-refractivity contribution >= 4 is 21.6 Å². The van der Waals surface area contributed by atoms with Crippen LogP contribution in [0.25, 0.3) is 0 Å². The molecule has 1 aromatic rings. The van der Waals surface area contributed by atoms with Crippen molar-refractivity contribution in [1.82, 2.24) is 5.32 Å². The Bertz CT molecular complexity index is 297. The van der Waals surface area contributed by atoms with Gasteiger partial charge >= 0.3 is 0 Å². The molecule has 0 atom stereocenters. The zero-order chi connectivity index (χ0) is 10.6. The van der Waals surface area contributed by atoms with Gasteiger partial charge in [0.05, 0.1) is 0 Å². The molecule has 78 valence electrons. The Morgan fingerprint density at radius 1 is 1.36 bits per heavy atom. The molecule has 2 nitrogen and oxygen atoms in total. The summed E-state index contributed by atoms with van der Waals surface area (Å²) in [5.74, 6) is 0. The fourth-order valence-electron chi connectivity index (χ4n) is 1.44. The molecule has 0 unspecified atom stereocenters. The van der Waals surface area contributed by atoms with Gasteiger partial charge in [0.15, 0.2) is 0 Å². The van der Waals surface area contributed by atoms with Crippen LogP contribution in [0.1, 0.15) is 13.8 Å². The van der Waals surface area contributed by atoms with Crippen LogP contribution in [0.5, 0.6) is 0 Å². The minimum Gasteiger partial charge on any atom is -0.379 e. The van der Waals surface area contributed by atoms with Crippen LogP contribution in [0.3, 0.4) is 0 Å². The van der Waals surface area contributed by atoms with Crippen molar-refractivity contribution in [2.24, 2.45) is 0 Å². The standard InChI is InChI=1S/C11H17BrN2/c1-11(2,8-13-3)14-10-6-4-5-9(12)7-10/h4-7,13-14H,8H2,1-3H3. The van der Waals surface area contributed by atoms with Gasteiger partial charge in [0.2, 0.25) is 0 Å². The third-order valence-corrected chi connectivity index (χ3v) is 2.42. The Hall–Kier alpha value is -0.540. The molecule has 0 spiro atoms. The van der Waals surface area contributed by atoms with Crippen molar-refractivity contribution in [1.29, 1.82) is 0 Å². The zero-order valence-corrected chi connectivity index (χ0v) is 10.5. The van der Waals surface area contributed by atoms with Crippen LogP contribution in [-0.4, -0.2) is 19.1 Å². The van der Waals surface area contributed by atoms with E-state index in [-0.39, 0.29) is 5.54 Å². The van der Waals surface area contributed by atoms with Gasteiger partial charge in [-0.1, -0.05) is 22.0 Å². The van der Waals surface area contributed by atoms with E-state index in [1.807, 2.05) is 19.2 Å². The third-order valence-electron chi connectivity index (χ3n) is 1.93. The molecule has 0 bridgehead atoms. The monoisotopic (exact) mass is 256 g/mol. The molecule has 0 amide bonds. The average Bonchev–Trinajstić information content (AvgIpc) is 2.02. The molecule has 1 rings (SSSR count). The highest BCUT2D eigenvalue weighted by atomic mass is 79.9. The molecule has 3 heteroatoms. The first-order chi connectivity index (χ1) is 6.53. The van der Waals surface area contributed by atoms with E-state index in [0.29, 0.717) is 0 Å². The van der Waals surface area contributed by atoms with Gasteiger partial charge in [0.25, 0.3) is 0 Å². The van der Waals surface area contributed by atoms with Crippen LogP contribution >= 0.6 is 15.9 Å². The van der Waals surface area contributed by atoms with Crippen LogP contribution in [-0.2, 0) is 0 Å². The van der Waals surface area contributed by atoms with E-state index in [4.69, 9.17) is 0 Å². The Morgan fingerprint density at radius 3 is 2.64 bits per heavy atom. The Kier molecular flexibility index (Phi) is 3.96. The van der Waals surface area contributed by atoms with Crippen LogP contribution in [0.2, 0.25) is 0 Å². The molecular weight excluding hydrogens is 240 g/mol. The summed E-state index contributed by atoms with van der Waals surface area (Å²) in [6.45, 7) is 5.27. The minimum atomic E-state index is 0.0650. The number of hydrogen-bond acceptors (Lipinski definition) is 2. The quantitative estimate of drug-likeness (QED) is 0.866. The third kappa shape index (κ3) is 3.68. The number of benzene rings is 1. The number of likely N-dealkylation sites (N-methyl/N-ethyl adjacent to an activating group) is 1. The first-order valence-electron chi connectivity index (χ1n) is 4.72. The SMILES string of the molecule is CNCC(C)(C)Nc1cccc(Br)c1. The molecule has 1 aromatic carbocycles. The Labute approximate surface area is 94.2 Å². The van der Waals surface area contributed by atoms with E-state index in [1.165, 1.54) is 0 Å². The van der Waals surface area contributed by atoms with E-state index in [9.17, 15) is 0 Å². The van der Waals surface area contributed by atoms with Crippen LogP contribution in [0, 0.1) is 0 Å². The number of nitrogens with one attached hydrogen (secondary N) is 2. The molecule has 0 aromatic heterocycles. The van der Waals surface area contributed by atoms with Crippen molar-refractivity contribution in [2.45, 2.75) is 19.4 Å². The molecular formula is C11H17BrN2. The molecule has 0 fully saturated rings. The molecule has 0 aliphatic rings. The summed E-state index contributed by atoms with van der Waals surface area (Å²) in [7, 11) is 1.96. The smallest absolute Gasteiger partial charge is 0.0441 e. The van der Waals surface area contributed by atoms with Gasteiger partial charge in [-0.25, -0.2) is 0 Å². The first kappa shape index (κ1) is 11.5. The highest BCUT2D eigenvalue weighted by Crippen LogP contribution is 2.19. The van der Waals surface area contributed by atoms with Crippen LogP contribution < -0.4 is 10.6 Å². The maximum absolute atomic E-state index is 3.47. The fraction of sp³-hybridized carbons (Fsp3) is 0.455. The summed E-state index contributed by atoms with van der Waals surface area (Å²) < 4.78 is 1.10. The van der Waals surface area contributed by atoms with Crippen molar-refractivity contribution in [2.75, 3.05) is 18.9 Å². The molecule has 0 radical (unpaired) electrons. The van der Waals surface area contributed by atoms with E-state index in [1.54, 1.807) is 0 Å². The van der Waals surface area contributed by atoms with Gasteiger partial charge < -0.3 is 10.6 Å². The van der Waals surface area contributed by atoms with Crippen molar-refractivity contribution in [3.8, 4) is 0 Å². The Balaban J connectivity index is 2.68. The molecule has 0 saturated carbocycles. The number of halogens is 1. The Morgan fingerprint density at radius 2 is 2.07 bits per heavy atom. The van der Waals surface area contributed by atoms with Crippen molar-refractivity contribution < 1.29 is 0 Å². The summed E-state index contributed by atoms with van der Waals surface area (Å²) in [4.78, 5) is 0. The van der Waals surface area contributed by atoms with Gasteiger partial charge in [0, 0.05) is 22.2 Å². The minimum absolute atomic E-state index is 0.0650. The average molecular weight is 257 g/mol. The molecule has 0 heterocycles. The molecule has 0 aliphatic heterocycles. The lowest BCUT2D eigenvalue weighted by Gasteiger charge is -2.27. The summed E-state index contributed by atoms with van der Waals surface area (Å²) in [5, 5.41) is 6.64. The predicted molar refractivity (Wildman–Crippen MR) is 65.8 cm³/mol. The molecule has 0 aliphatic carbocycles. The number of rotatable bonds is 4. The van der Waals surface area contributed by atoms with Crippen LogP contribution in [0.15, 0.2) is 28.7 Å². The maximum Gasteiger partial charge on any atom is 0.0441 e. The highest BCUT2D eigenvalue weighted by molar-refractivity contribution is 9.10. The molecule has 2 N–H and O–H groups in total. The van der Waals surface area contributed by atoms with Gasteiger partial charge in [-0.3, -0.25) is 0 Å². The van der Waals surface area contributed by atoms with E-state index >= 15 is 0 Å². The number of hydrogen-bond donors (Lipinski definition) is 2. The first-order valence-corrected chi connectivity index (χ1v) is 5.51. The molecule has 14 heavy (non-hydrogen) atoms. The lowest BCUT2D eigenvalue weighted by atomic mass is 10.1. The maximum atomic E-state index is 3.47. The summed E-state index contributed by atoms with van der Waals surface area (Å²) in [6, 6.07) is 8.21. The topological polar surface area (TPSA) is 24.1 Å². The zero-order valence-electron chi connectivity index (χ0n) is 8.89. The van der Waals surface area contributed by atoms with E-state index < -0.39 is 0 Å². The van der Waals surface area contributed by atoms with Crippen molar-refractivity contribution in [3.63, 3.8) is 0 Å². The second-order valence-corrected chi connectivity index (χ2v) is 4.97. The van der Waals surface area contributed by atoms with Gasteiger partial charge in [-0.2, -0.15) is 0 Å². The van der Waals surface area contributed by atoms with Gasteiger partial charge in [-0.05, 0) is 39.1 Å². The fourth-order valence-corrected chi connectivity index (χ4v) is 1.84. The summed E-state index contributed by atoms with van der Waals surface area (Å²) in [6.07, 6.45) is 0. The summed E-state index contributed by atoms with van der Waals surface area (Å²) >= 11 is 3.45.